The van der Waals surface area contributed by atoms with Crippen molar-refractivity contribution in [2.24, 2.45) is 5.73 Å². The van der Waals surface area contributed by atoms with E-state index in [1.54, 1.807) is 0 Å². The first-order valence-electron chi connectivity index (χ1n) is 4.49. The lowest BCUT2D eigenvalue weighted by molar-refractivity contribution is 0.555. The van der Waals surface area contributed by atoms with Gasteiger partial charge < -0.3 is 10.3 Å². The Bertz CT molecular complexity index is 227. The summed E-state index contributed by atoms with van der Waals surface area (Å²) in [6.45, 7) is 5.13. The maximum absolute atomic E-state index is 5.67. The first-order chi connectivity index (χ1) is 5.74. The number of imidazole rings is 1. The molecule has 0 aliphatic heterocycles. The van der Waals surface area contributed by atoms with Crippen molar-refractivity contribution in [2.75, 3.05) is 0 Å². The van der Waals surface area contributed by atoms with Gasteiger partial charge in [0, 0.05) is 31.4 Å². The van der Waals surface area contributed by atoms with Gasteiger partial charge in [0.2, 0.25) is 0 Å². The number of aromatic nitrogens is 2. The van der Waals surface area contributed by atoms with Crippen LogP contribution in [0.25, 0.3) is 0 Å². The van der Waals surface area contributed by atoms with Crippen LogP contribution in [0.5, 0.6) is 0 Å². The second kappa shape index (κ2) is 4.26. The SMILES string of the molecule is CCc1nccn1CCC(C)N. The van der Waals surface area contributed by atoms with Crippen LogP contribution in [0.4, 0.5) is 0 Å². The molecular formula is C9H17N3. The Balaban J connectivity index is 2.50. The Morgan fingerprint density at radius 2 is 2.42 bits per heavy atom. The van der Waals surface area contributed by atoms with Gasteiger partial charge in [-0.2, -0.15) is 0 Å². The van der Waals surface area contributed by atoms with E-state index in [0.29, 0.717) is 0 Å². The minimum absolute atomic E-state index is 0.275. The van der Waals surface area contributed by atoms with Crippen LogP contribution in [-0.4, -0.2) is 15.6 Å². The molecule has 1 aromatic heterocycles. The normalized spacial score (nSPS) is 13.2. The maximum Gasteiger partial charge on any atom is 0.108 e. The fourth-order valence-corrected chi connectivity index (χ4v) is 1.20. The van der Waals surface area contributed by atoms with Crippen LogP contribution in [-0.2, 0) is 13.0 Å². The third kappa shape index (κ3) is 2.34. The lowest BCUT2D eigenvalue weighted by atomic mass is 10.2. The van der Waals surface area contributed by atoms with Crippen molar-refractivity contribution in [3.63, 3.8) is 0 Å². The van der Waals surface area contributed by atoms with Crippen molar-refractivity contribution in [3.8, 4) is 0 Å². The number of rotatable bonds is 4. The van der Waals surface area contributed by atoms with Gasteiger partial charge in [-0.3, -0.25) is 0 Å². The molecule has 1 unspecified atom stereocenters. The zero-order valence-electron chi connectivity index (χ0n) is 7.83. The molecule has 3 nitrogen and oxygen atoms in total. The van der Waals surface area contributed by atoms with Gasteiger partial charge in [0.1, 0.15) is 5.82 Å². The van der Waals surface area contributed by atoms with Crippen molar-refractivity contribution in [3.05, 3.63) is 18.2 Å². The van der Waals surface area contributed by atoms with Gasteiger partial charge in [-0.15, -0.1) is 0 Å². The number of nitrogens with two attached hydrogens (primary N) is 1. The number of aryl methyl sites for hydroxylation is 2. The zero-order valence-corrected chi connectivity index (χ0v) is 7.83. The summed E-state index contributed by atoms with van der Waals surface area (Å²) in [5.41, 5.74) is 5.67. The topological polar surface area (TPSA) is 43.8 Å². The average molecular weight is 167 g/mol. The Kier molecular flexibility index (Phi) is 3.29. The van der Waals surface area contributed by atoms with Gasteiger partial charge in [-0.25, -0.2) is 4.98 Å². The van der Waals surface area contributed by atoms with Crippen molar-refractivity contribution >= 4 is 0 Å². The quantitative estimate of drug-likeness (QED) is 0.732. The molecule has 0 bridgehead atoms. The van der Waals surface area contributed by atoms with Crippen molar-refractivity contribution in [1.29, 1.82) is 0 Å². The molecule has 0 spiro atoms. The highest BCUT2D eigenvalue weighted by molar-refractivity contribution is 4.91. The standard InChI is InChI=1S/C9H17N3/c1-3-9-11-5-7-12(9)6-4-8(2)10/h5,7-8H,3-4,6,10H2,1-2H3. The van der Waals surface area contributed by atoms with Gasteiger partial charge in [0.25, 0.3) is 0 Å². The van der Waals surface area contributed by atoms with E-state index in [9.17, 15) is 0 Å². The second-order valence-corrected chi connectivity index (χ2v) is 3.16. The Labute approximate surface area is 73.6 Å². The molecule has 1 aromatic rings. The second-order valence-electron chi connectivity index (χ2n) is 3.16. The van der Waals surface area contributed by atoms with Crippen LogP contribution >= 0.6 is 0 Å². The van der Waals surface area contributed by atoms with Gasteiger partial charge in [-0.05, 0) is 13.3 Å². The Morgan fingerprint density at radius 3 is 3.00 bits per heavy atom. The fourth-order valence-electron chi connectivity index (χ4n) is 1.20. The molecular weight excluding hydrogens is 150 g/mol. The van der Waals surface area contributed by atoms with Crippen LogP contribution in [0.15, 0.2) is 12.4 Å². The molecule has 0 aliphatic carbocycles. The third-order valence-electron chi connectivity index (χ3n) is 1.94. The monoisotopic (exact) mass is 167 g/mol. The van der Waals surface area contributed by atoms with E-state index in [1.165, 1.54) is 0 Å². The maximum atomic E-state index is 5.67. The smallest absolute Gasteiger partial charge is 0.108 e. The summed E-state index contributed by atoms with van der Waals surface area (Å²) in [5, 5.41) is 0. The minimum Gasteiger partial charge on any atom is -0.335 e. The summed E-state index contributed by atoms with van der Waals surface area (Å²) in [4.78, 5) is 4.23. The zero-order chi connectivity index (χ0) is 8.97. The fraction of sp³-hybridized carbons (Fsp3) is 0.667. The summed E-state index contributed by atoms with van der Waals surface area (Å²) >= 11 is 0. The van der Waals surface area contributed by atoms with Gasteiger partial charge in [0.05, 0.1) is 0 Å². The molecule has 0 aliphatic rings. The van der Waals surface area contributed by atoms with Gasteiger partial charge >= 0.3 is 0 Å². The van der Waals surface area contributed by atoms with E-state index in [4.69, 9.17) is 5.73 Å². The number of hydrogen-bond donors (Lipinski definition) is 1. The van der Waals surface area contributed by atoms with Crippen LogP contribution in [0.3, 0.4) is 0 Å². The van der Waals surface area contributed by atoms with E-state index in [2.05, 4.69) is 16.5 Å². The first-order valence-corrected chi connectivity index (χ1v) is 4.49. The van der Waals surface area contributed by atoms with E-state index in [-0.39, 0.29) is 6.04 Å². The minimum atomic E-state index is 0.275. The van der Waals surface area contributed by atoms with E-state index in [1.807, 2.05) is 19.3 Å². The molecule has 0 saturated heterocycles. The van der Waals surface area contributed by atoms with Crippen LogP contribution < -0.4 is 5.73 Å². The molecule has 1 rings (SSSR count). The molecule has 12 heavy (non-hydrogen) atoms. The van der Waals surface area contributed by atoms with Crippen LogP contribution in [0.1, 0.15) is 26.1 Å². The molecule has 0 amide bonds. The van der Waals surface area contributed by atoms with Crippen molar-refractivity contribution in [2.45, 2.75) is 39.3 Å². The molecule has 68 valence electrons. The number of nitrogens with zero attached hydrogens (tertiary/aromatic N) is 2. The summed E-state index contributed by atoms with van der Waals surface area (Å²) in [6, 6.07) is 0.275. The summed E-state index contributed by atoms with van der Waals surface area (Å²) in [6.07, 6.45) is 5.87. The van der Waals surface area contributed by atoms with Crippen molar-refractivity contribution < 1.29 is 0 Å². The molecule has 2 N–H and O–H groups in total. The lowest BCUT2D eigenvalue weighted by Crippen LogP contribution is -2.17. The predicted molar refractivity (Wildman–Crippen MR) is 49.9 cm³/mol. The highest BCUT2D eigenvalue weighted by Crippen LogP contribution is 2.00. The Hall–Kier alpha value is -0.830. The Morgan fingerprint density at radius 1 is 1.67 bits per heavy atom. The predicted octanol–water partition coefficient (Wildman–Crippen LogP) is 1.18. The summed E-state index contributed by atoms with van der Waals surface area (Å²) in [7, 11) is 0. The van der Waals surface area contributed by atoms with Crippen LogP contribution in [0.2, 0.25) is 0 Å². The summed E-state index contributed by atoms with van der Waals surface area (Å²) in [5.74, 6) is 1.15. The molecule has 0 radical (unpaired) electrons. The number of hydrogen-bond acceptors (Lipinski definition) is 2. The molecule has 3 heteroatoms. The van der Waals surface area contributed by atoms with Crippen molar-refractivity contribution in [1.82, 2.24) is 9.55 Å². The highest BCUT2D eigenvalue weighted by Gasteiger charge is 2.00. The van der Waals surface area contributed by atoms with Gasteiger partial charge in [-0.1, -0.05) is 6.92 Å². The van der Waals surface area contributed by atoms with E-state index < -0.39 is 0 Å². The summed E-state index contributed by atoms with van der Waals surface area (Å²) < 4.78 is 2.17. The molecule has 1 heterocycles. The molecule has 0 aromatic carbocycles. The highest BCUT2D eigenvalue weighted by atomic mass is 15.1. The van der Waals surface area contributed by atoms with E-state index >= 15 is 0 Å². The van der Waals surface area contributed by atoms with Crippen LogP contribution in [0, 0.1) is 0 Å². The van der Waals surface area contributed by atoms with Gasteiger partial charge in [0.15, 0.2) is 0 Å². The molecule has 0 fully saturated rings. The largest absolute Gasteiger partial charge is 0.335 e. The first kappa shape index (κ1) is 9.26. The molecule has 0 saturated carbocycles. The van der Waals surface area contributed by atoms with E-state index in [0.717, 1.165) is 25.2 Å². The molecule has 1 atom stereocenters. The average Bonchev–Trinajstić information content (AvgIpc) is 2.47. The lowest BCUT2D eigenvalue weighted by Gasteiger charge is -2.07. The third-order valence-corrected chi connectivity index (χ3v) is 1.94.